The number of hydrogen-bond donors (Lipinski definition) is 3. The van der Waals surface area contributed by atoms with Gasteiger partial charge in [-0.15, -0.1) is 11.3 Å². The Bertz CT molecular complexity index is 682. The van der Waals surface area contributed by atoms with Crippen LogP contribution in [-0.2, 0) is 17.8 Å². The first-order chi connectivity index (χ1) is 10.2. The maximum Gasteiger partial charge on any atom is 0.262 e. The second kappa shape index (κ2) is 5.65. The van der Waals surface area contributed by atoms with Gasteiger partial charge in [0.1, 0.15) is 5.75 Å². The molecule has 1 amide bonds. The highest BCUT2D eigenvalue weighted by Crippen LogP contribution is 2.35. The Kier molecular flexibility index (Phi) is 3.70. The second-order valence-corrected chi connectivity index (χ2v) is 6.10. The number of hydrogen-bond acceptors (Lipinski definition) is 5. The minimum Gasteiger partial charge on any atom is -0.482 e. The van der Waals surface area contributed by atoms with Crippen LogP contribution in [0.15, 0.2) is 24.3 Å². The molecule has 0 unspecified atom stereocenters. The smallest absolute Gasteiger partial charge is 0.262 e. The Morgan fingerprint density at radius 2 is 2.19 bits per heavy atom. The van der Waals surface area contributed by atoms with Crippen molar-refractivity contribution in [3.05, 3.63) is 34.0 Å². The summed E-state index contributed by atoms with van der Waals surface area (Å²) in [5, 5.41) is 6.09. The van der Waals surface area contributed by atoms with Gasteiger partial charge < -0.3 is 21.1 Å². The molecule has 1 aromatic heterocycles. The lowest BCUT2D eigenvalue weighted by molar-refractivity contribution is -0.118. The van der Waals surface area contributed by atoms with Gasteiger partial charge in [0.25, 0.3) is 5.91 Å². The van der Waals surface area contributed by atoms with Gasteiger partial charge in [0, 0.05) is 22.4 Å². The van der Waals surface area contributed by atoms with E-state index in [1.54, 1.807) is 17.4 Å². The molecular formula is C15H17N3O2S. The molecule has 0 atom stereocenters. The molecule has 0 spiro atoms. The van der Waals surface area contributed by atoms with E-state index in [-0.39, 0.29) is 12.5 Å². The molecule has 1 aromatic carbocycles. The first-order valence-corrected chi connectivity index (χ1v) is 7.65. The number of fused-ring (bicyclic) bond motifs is 1. The molecule has 0 saturated carbocycles. The van der Waals surface area contributed by atoms with Crippen molar-refractivity contribution in [1.82, 2.24) is 0 Å². The van der Waals surface area contributed by atoms with E-state index >= 15 is 0 Å². The summed E-state index contributed by atoms with van der Waals surface area (Å²) in [4.78, 5) is 14.0. The van der Waals surface area contributed by atoms with Gasteiger partial charge in [-0.3, -0.25) is 4.79 Å². The number of ether oxygens (including phenoxy) is 1. The van der Waals surface area contributed by atoms with Crippen LogP contribution in [0.25, 0.3) is 0 Å². The van der Waals surface area contributed by atoms with Crippen molar-refractivity contribution in [3.8, 4) is 5.75 Å². The van der Waals surface area contributed by atoms with Gasteiger partial charge in [-0.05, 0) is 24.6 Å². The maximum atomic E-state index is 11.4. The minimum atomic E-state index is -0.149. The molecule has 110 valence electrons. The average molecular weight is 303 g/mol. The summed E-state index contributed by atoms with van der Waals surface area (Å²) in [7, 11) is 0. The summed E-state index contributed by atoms with van der Waals surface area (Å²) in [6, 6.07) is 7.82. The van der Waals surface area contributed by atoms with Gasteiger partial charge in [-0.25, -0.2) is 0 Å². The third-order valence-corrected chi connectivity index (χ3v) is 4.53. The lowest BCUT2D eigenvalue weighted by Gasteiger charge is -2.20. The molecule has 6 heteroatoms. The van der Waals surface area contributed by atoms with E-state index < -0.39 is 0 Å². The van der Waals surface area contributed by atoms with E-state index in [2.05, 4.69) is 29.7 Å². The zero-order chi connectivity index (χ0) is 14.8. The van der Waals surface area contributed by atoms with Crippen LogP contribution in [0.3, 0.4) is 0 Å². The van der Waals surface area contributed by atoms with Gasteiger partial charge in [-0.2, -0.15) is 0 Å². The summed E-state index contributed by atoms with van der Waals surface area (Å²) in [6.45, 7) is 2.89. The number of nitrogens with two attached hydrogens (primary N) is 1. The summed E-state index contributed by atoms with van der Waals surface area (Å²) < 4.78 is 5.33. The molecule has 0 bridgehead atoms. The number of benzene rings is 1. The first kappa shape index (κ1) is 13.8. The van der Waals surface area contributed by atoms with Crippen molar-refractivity contribution >= 4 is 34.3 Å². The minimum absolute atomic E-state index is 0.0359. The van der Waals surface area contributed by atoms with Crippen molar-refractivity contribution in [3.63, 3.8) is 0 Å². The number of rotatable bonds is 4. The predicted molar refractivity (Wildman–Crippen MR) is 86.0 cm³/mol. The number of aryl methyl sites for hydroxylation is 1. The standard InChI is InChI=1S/C15H17N3O2S/c1-2-9-3-4-10(21-9)7-17-12-6-13-14(5-11(12)16)20-8-15(19)18-13/h3-6,17H,2,7-8,16H2,1H3,(H,18,19). The number of nitrogens with one attached hydrogen (secondary N) is 2. The van der Waals surface area contributed by atoms with Crippen LogP contribution in [0, 0.1) is 0 Å². The summed E-state index contributed by atoms with van der Waals surface area (Å²) in [5.74, 6) is 0.464. The van der Waals surface area contributed by atoms with Gasteiger partial charge >= 0.3 is 0 Å². The van der Waals surface area contributed by atoms with Crippen LogP contribution in [0.1, 0.15) is 16.7 Å². The number of carbonyl (C=O) groups is 1. The van der Waals surface area contributed by atoms with Crippen LogP contribution in [-0.4, -0.2) is 12.5 Å². The lowest BCUT2D eigenvalue weighted by atomic mass is 10.2. The van der Waals surface area contributed by atoms with Crippen LogP contribution in [0.5, 0.6) is 5.75 Å². The number of carbonyl (C=O) groups excluding carboxylic acids is 1. The summed E-state index contributed by atoms with van der Waals surface area (Å²) >= 11 is 1.79. The highest BCUT2D eigenvalue weighted by atomic mass is 32.1. The van der Waals surface area contributed by atoms with E-state index in [0.717, 1.165) is 12.1 Å². The number of amides is 1. The van der Waals surface area contributed by atoms with Crippen LogP contribution < -0.4 is 21.1 Å². The van der Waals surface area contributed by atoms with Crippen molar-refractivity contribution < 1.29 is 9.53 Å². The summed E-state index contributed by atoms with van der Waals surface area (Å²) in [5.41, 5.74) is 8.08. The van der Waals surface area contributed by atoms with Crippen molar-refractivity contribution in [2.45, 2.75) is 19.9 Å². The fourth-order valence-electron chi connectivity index (χ4n) is 2.19. The van der Waals surface area contributed by atoms with Crippen molar-refractivity contribution in [2.75, 3.05) is 23.0 Å². The Morgan fingerprint density at radius 3 is 2.95 bits per heavy atom. The van der Waals surface area contributed by atoms with Crippen LogP contribution in [0.2, 0.25) is 0 Å². The second-order valence-electron chi connectivity index (χ2n) is 4.85. The molecule has 4 N–H and O–H groups in total. The third kappa shape index (κ3) is 2.95. The quantitative estimate of drug-likeness (QED) is 0.759. The summed E-state index contributed by atoms with van der Waals surface area (Å²) in [6.07, 6.45) is 1.05. The van der Waals surface area contributed by atoms with Gasteiger partial charge in [-0.1, -0.05) is 6.92 Å². The van der Waals surface area contributed by atoms with Gasteiger partial charge in [0.05, 0.1) is 17.1 Å². The fourth-order valence-corrected chi connectivity index (χ4v) is 3.08. The number of anilines is 3. The molecule has 5 nitrogen and oxygen atoms in total. The molecule has 0 saturated heterocycles. The van der Waals surface area contributed by atoms with Gasteiger partial charge in [0.2, 0.25) is 0 Å². The highest BCUT2D eigenvalue weighted by Gasteiger charge is 2.17. The molecule has 2 heterocycles. The van der Waals surface area contributed by atoms with Gasteiger partial charge in [0.15, 0.2) is 6.61 Å². The zero-order valence-electron chi connectivity index (χ0n) is 11.7. The molecular weight excluding hydrogens is 286 g/mol. The molecule has 3 rings (SSSR count). The largest absolute Gasteiger partial charge is 0.482 e. The molecule has 2 aromatic rings. The Morgan fingerprint density at radius 1 is 1.38 bits per heavy atom. The number of nitrogen functional groups attached to an aromatic ring is 1. The Labute approximate surface area is 127 Å². The fraction of sp³-hybridized carbons (Fsp3) is 0.267. The Balaban J connectivity index is 1.76. The van der Waals surface area contributed by atoms with Crippen molar-refractivity contribution in [2.24, 2.45) is 0 Å². The Hall–Kier alpha value is -2.21. The normalized spacial score (nSPS) is 13.3. The molecule has 0 fully saturated rings. The van der Waals surface area contributed by atoms with Crippen LogP contribution in [0.4, 0.5) is 17.1 Å². The monoisotopic (exact) mass is 303 g/mol. The van der Waals surface area contributed by atoms with E-state index in [9.17, 15) is 4.79 Å². The van der Waals surface area contributed by atoms with Crippen molar-refractivity contribution in [1.29, 1.82) is 0 Å². The SMILES string of the molecule is CCc1ccc(CNc2cc3c(cc2N)OCC(=O)N3)s1. The molecule has 0 aliphatic carbocycles. The van der Waals surface area contributed by atoms with E-state index in [1.165, 1.54) is 9.75 Å². The lowest BCUT2D eigenvalue weighted by Crippen LogP contribution is -2.25. The van der Waals surface area contributed by atoms with E-state index in [0.29, 0.717) is 23.7 Å². The molecule has 1 aliphatic rings. The highest BCUT2D eigenvalue weighted by molar-refractivity contribution is 7.12. The number of thiophene rings is 1. The van der Waals surface area contributed by atoms with E-state index in [4.69, 9.17) is 10.5 Å². The zero-order valence-corrected chi connectivity index (χ0v) is 12.5. The van der Waals surface area contributed by atoms with E-state index in [1.807, 2.05) is 6.07 Å². The predicted octanol–water partition coefficient (Wildman–Crippen LogP) is 2.84. The van der Waals surface area contributed by atoms with Crippen LogP contribution >= 0.6 is 11.3 Å². The molecule has 21 heavy (non-hydrogen) atoms. The topological polar surface area (TPSA) is 76.4 Å². The maximum absolute atomic E-state index is 11.4. The molecule has 0 radical (unpaired) electrons. The first-order valence-electron chi connectivity index (χ1n) is 6.83. The average Bonchev–Trinajstić information content (AvgIpc) is 2.93. The molecule has 1 aliphatic heterocycles. The third-order valence-electron chi connectivity index (χ3n) is 3.30.